The van der Waals surface area contributed by atoms with E-state index in [1.54, 1.807) is 6.92 Å². The van der Waals surface area contributed by atoms with E-state index in [9.17, 15) is 4.79 Å². The SMILES string of the molecule is C=c1oc(C)cc(=O)/c1=C1/CC(c2ccc(C)cc2)SCCN1. The molecule has 1 aromatic carbocycles. The van der Waals surface area contributed by atoms with Crippen molar-refractivity contribution < 1.29 is 4.42 Å². The molecular formula is C19H21NO2S. The lowest BCUT2D eigenvalue weighted by Gasteiger charge is -2.15. The van der Waals surface area contributed by atoms with Crippen molar-refractivity contribution in [3.63, 3.8) is 0 Å². The molecule has 0 radical (unpaired) electrons. The molecule has 4 heteroatoms. The first-order chi connectivity index (χ1) is 11.0. The van der Waals surface area contributed by atoms with E-state index in [0.29, 0.717) is 21.6 Å². The van der Waals surface area contributed by atoms with Gasteiger partial charge in [0.1, 0.15) is 11.2 Å². The summed E-state index contributed by atoms with van der Waals surface area (Å²) in [6.07, 6.45) is 0.782. The Kier molecular flexibility index (Phi) is 4.62. The molecular weight excluding hydrogens is 306 g/mol. The van der Waals surface area contributed by atoms with Crippen molar-refractivity contribution in [1.82, 2.24) is 5.32 Å². The van der Waals surface area contributed by atoms with Crippen LogP contribution in [0.15, 0.2) is 39.5 Å². The summed E-state index contributed by atoms with van der Waals surface area (Å²) in [6, 6.07) is 10.2. The highest BCUT2D eigenvalue weighted by Crippen LogP contribution is 2.35. The van der Waals surface area contributed by atoms with Gasteiger partial charge in [0, 0.05) is 35.7 Å². The minimum atomic E-state index is -0.0178. The molecule has 1 N–H and O–H groups in total. The van der Waals surface area contributed by atoms with Crippen molar-refractivity contribution in [2.45, 2.75) is 25.5 Å². The molecule has 0 spiro atoms. The first-order valence-electron chi connectivity index (χ1n) is 7.79. The zero-order chi connectivity index (χ0) is 16.4. The van der Waals surface area contributed by atoms with Gasteiger partial charge in [-0.25, -0.2) is 0 Å². The molecule has 3 nitrogen and oxygen atoms in total. The van der Waals surface area contributed by atoms with Gasteiger partial charge in [-0.05, 0) is 19.4 Å². The molecule has 3 rings (SSSR count). The van der Waals surface area contributed by atoms with Crippen LogP contribution in [0.5, 0.6) is 0 Å². The molecule has 0 saturated carbocycles. The van der Waals surface area contributed by atoms with Gasteiger partial charge in [-0.1, -0.05) is 36.4 Å². The van der Waals surface area contributed by atoms with Crippen LogP contribution >= 0.6 is 11.8 Å². The molecule has 0 bridgehead atoms. The molecule has 0 aliphatic carbocycles. The normalized spacial score (nSPS) is 20.7. The summed E-state index contributed by atoms with van der Waals surface area (Å²) in [7, 11) is 0. The molecule has 1 aromatic heterocycles. The first kappa shape index (κ1) is 15.9. The van der Waals surface area contributed by atoms with Crippen LogP contribution in [0.2, 0.25) is 0 Å². The third kappa shape index (κ3) is 3.53. The molecule has 120 valence electrons. The second-order valence-electron chi connectivity index (χ2n) is 5.90. The number of hydrogen-bond acceptors (Lipinski definition) is 4. The lowest BCUT2D eigenvalue weighted by atomic mass is 10.0. The quantitative estimate of drug-likeness (QED) is 0.872. The summed E-state index contributed by atoms with van der Waals surface area (Å²) >= 11 is 1.92. The number of nitrogens with one attached hydrogen (secondary N) is 1. The van der Waals surface area contributed by atoms with Crippen LogP contribution in [0, 0.1) is 13.8 Å². The summed E-state index contributed by atoms with van der Waals surface area (Å²) in [4.78, 5) is 12.4. The number of thioether (sulfide) groups is 1. The van der Waals surface area contributed by atoms with Crippen LogP contribution in [-0.4, -0.2) is 12.3 Å². The summed E-state index contributed by atoms with van der Waals surface area (Å²) in [6.45, 7) is 8.63. The Balaban J connectivity index is 2.07. The van der Waals surface area contributed by atoms with Crippen molar-refractivity contribution in [3.8, 4) is 0 Å². The van der Waals surface area contributed by atoms with E-state index in [-0.39, 0.29) is 5.43 Å². The van der Waals surface area contributed by atoms with E-state index in [4.69, 9.17) is 4.42 Å². The molecule has 1 fully saturated rings. The molecule has 2 heterocycles. The van der Waals surface area contributed by atoms with Gasteiger partial charge in [0.2, 0.25) is 0 Å². The summed E-state index contributed by atoms with van der Waals surface area (Å²) in [5.74, 6) is 1.61. The molecule has 1 saturated heterocycles. The predicted molar refractivity (Wildman–Crippen MR) is 96.9 cm³/mol. The predicted octanol–water partition coefficient (Wildman–Crippen LogP) is 2.24. The third-order valence-electron chi connectivity index (χ3n) is 4.04. The second kappa shape index (κ2) is 6.67. The minimum absolute atomic E-state index is 0.0178. The maximum absolute atomic E-state index is 12.4. The molecule has 1 aliphatic heterocycles. The highest BCUT2D eigenvalue weighted by atomic mass is 32.2. The second-order valence-corrected chi connectivity index (χ2v) is 7.21. The van der Waals surface area contributed by atoms with E-state index >= 15 is 0 Å². The van der Waals surface area contributed by atoms with E-state index < -0.39 is 0 Å². The van der Waals surface area contributed by atoms with Crippen molar-refractivity contribution in [3.05, 3.63) is 68.1 Å². The molecule has 1 aliphatic rings. The van der Waals surface area contributed by atoms with Gasteiger partial charge < -0.3 is 9.73 Å². The van der Waals surface area contributed by atoms with Gasteiger partial charge in [-0.3, -0.25) is 4.79 Å². The highest BCUT2D eigenvalue weighted by Gasteiger charge is 2.19. The molecule has 1 unspecified atom stereocenters. The topological polar surface area (TPSA) is 42.2 Å². The van der Waals surface area contributed by atoms with Crippen LogP contribution in [0.4, 0.5) is 0 Å². The summed E-state index contributed by atoms with van der Waals surface area (Å²) in [5.41, 5.74) is 3.93. The molecule has 23 heavy (non-hydrogen) atoms. The van der Waals surface area contributed by atoms with Gasteiger partial charge in [-0.2, -0.15) is 11.8 Å². The van der Waals surface area contributed by atoms with Gasteiger partial charge in [-0.15, -0.1) is 0 Å². The fourth-order valence-electron chi connectivity index (χ4n) is 2.89. The monoisotopic (exact) mass is 327 g/mol. The van der Waals surface area contributed by atoms with Gasteiger partial charge in [0.05, 0.1) is 5.22 Å². The van der Waals surface area contributed by atoms with Gasteiger partial charge in [0.15, 0.2) is 5.43 Å². The standard InChI is InChI=1S/C19H21NO2S/c1-12-4-6-15(7-5-12)18-11-16(20-8-9-23-18)19-14(3)22-13(2)10-17(19)21/h4-7,10,18,20H,3,8-9,11H2,1-2H3/b19-16-. The smallest absolute Gasteiger partial charge is 0.194 e. The van der Waals surface area contributed by atoms with E-state index in [1.165, 1.54) is 17.2 Å². The number of rotatable bonds is 1. The average Bonchev–Trinajstić information content (AvgIpc) is 2.73. The van der Waals surface area contributed by atoms with Crippen molar-refractivity contribution in [2.75, 3.05) is 12.3 Å². The van der Waals surface area contributed by atoms with Crippen LogP contribution in [0.1, 0.15) is 28.6 Å². The van der Waals surface area contributed by atoms with E-state index in [0.717, 1.165) is 24.4 Å². The Bertz CT molecular complexity index is 833. The maximum atomic E-state index is 12.4. The minimum Gasteiger partial charge on any atom is -0.462 e. The van der Waals surface area contributed by atoms with Crippen LogP contribution < -0.4 is 21.4 Å². The number of aryl methyl sites for hydroxylation is 2. The molecule has 1 atom stereocenters. The fraction of sp³-hybridized carbons (Fsp3) is 0.316. The van der Waals surface area contributed by atoms with E-state index in [2.05, 4.69) is 43.1 Å². The van der Waals surface area contributed by atoms with Crippen LogP contribution in [-0.2, 0) is 0 Å². The van der Waals surface area contributed by atoms with Crippen LogP contribution in [0.25, 0.3) is 12.3 Å². The zero-order valence-corrected chi connectivity index (χ0v) is 14.3. The average molecular weight is 327 g/mol. The summed E-state index contributed by atoms with van der Waals surface area (Å²) < 4.78 is 5.56. The number of hydrogen-bond donors (Lipinski definition) is 1. The van der Waals surface area contributed by atoms with Gasteiger partial charge in [0.25, 0.3) is 0 Å². The Morgan fingerprint density at radius 2 is 2.00 bits per heavy atom. The van der Waals surface area contributed by atoms with Crippen molar-refractivity contribution in [2.24, 2.45) is 0 Å². The zero-order valence-electron chi connectivity index (χ0n) is 13.5. The Morgan fingerprint density at radius 1 is 1.26 bits per heavy atom. The summed E-state index contributed by atoms with van der Waals surface area (Å²) in [5, 5.41) is 4.33. The van der Waals surface area contributed by atoms with Crippen molar-refractivity contribution >= 4 is 24.0 Å². The highest BCUT2D eigenvalue weighted by molar-refractivity contribution is 7.99. The Morgan fingerprint density at radius 3 is 2.70 bits per heavy atom. The Hall–Kier alpha value is -1.94. The first-order valence-corrected chi connectivity index (χ1v) is 8.84. The lowest BCUT2D eigenvalue weighted by Crippen LogP contribution is -2.42. The lowest BCUT2D eigenvalue weighted by molar-refractivity contribution is 0.478. The number of benzene rings is 1. The van der Waals surface area contributed by atoms with E-state index in [1.807, 2.05) is 11.8 Å². The van der Waals surface area contributed by atoms with Crippen LogP contribution in [0.3, 0.4) is 0 Å². The molecule has 2 aromatic rings. The third-order valence-corrected chi connectivity index (χ3v) is 5.32. The van der Waals surface area contributed by atoms with Crippen molar-refractivity contribution in [1.29, 1.82) is 0 Å². The maximum Gasteiger partial charge on any atom is 0.194 e. The van der Waals surface area contributed by atoms with Gasteiger partial charge >= 0.3 is 0 Å². The largest absolute Gasteiger partial charge is 0.462 e. The Labute approximate surface area is 140 Å². The fourth-order valence-corrected chi connectivity index (χ4v) is 4.03. The molecule has 0 amide bonds.